The molecule has 0 spiro atoms. The predicted molar refractivity (Wildman–Crippen MR) is 34.1 cm³/mol. The van der Waals surface area contributed by atoms with E-state index in [9.17, 15) is 0 Å². The van der Waals surface area contributed by atoms with Crippen LogP contribution in [-0.2, 0) is 0 Å². The Morgan fingerprint density at radius 3 is 2.12 bits per heavy atom. The molecular formula is C7H10N. The van der Waals surface area contributed by atoms with Gasteiger partial charge in [-0.05, 0) is 38.5 Å². The molecule has 1 saturated carbocycles. The third kappa shape index (κ3) is 1.22. The first kappa shape index (κ1) is 6.09. The van der Waals surface area contributed by atoms with Crippen LogP contribution in [0.1, 0.15) is 6.92 Å². The Morgan fingerprint density at radius 1 is 1.38 bits per heavy atom. The molecular weight excluding hydrogens is 98.1 g/mol. The van der Waals surface area contributed by atoms with E-state index < -0.39 is 0 Å². The molecule has 1 unspecified atom stereocenters. The summed E-state index contributed by atoms with van der Waals surface area (Å²) in [6.07, 6.45) is 8.06. The van der Waals surface area contributed by atoms with Crippen molar-refractivity contribution < 1.29 is 0 Å². The summed E-state index contributed by atoms with van der Waals surface area (Å²) in [7, 11) is 0. The lowest BCUT2D eigenvalue weighted by atomic mass is 10.0. The van der Waals surface area contributed by atoms with E-state index in [4.69, 9.17) is 5.73 Å². The molecule has 1 aliphatic carbocycles. The van der Waals surface area contributed by atoms with Crippen LogP contribution >= 0.6 is 0 Å². The summed E-state index contributed by atoms with van der Waals surface area (Å²) in [5.41, 5.74) is 5.56. The van der Waals surface area contributed by atoms with Crippen molar-refractivity contribution in [2.45, 2.75) is 13.0 Å². The first-order valence-electron chi connectivity index (χ1n) is 2.78. The highest BCUT2D eigenvalue weighted by atomic mass is 14.6. The van der Waals surface area contributed by atoms with Crippen LogP contribution in [0.25, 0.3) is 0 Å². The van der Waals surface area contributed by atoms with E-state index in [1.165, 1.54) is 5.92 Å². The molecule has 43 valence electrons. The fourth-order valence-corrected chi connectivity index (χ4v) is 0.692. The minimum absolute atomic E-state index is 0.185. The van der Waals surface area contributed by atoms with Crippen molar-refractivity contribution in [3.63, 3.8) is 0 Å². The summed E-state index contributed by atoms with van der Waals surface area (Å²) in [5, 5.41) is 0. The standard InChI is InChI=1S/C7H10N/c1-6(8)7-4-2-3-5-7/h2-6H,8H2,1H3. The smallest absolute Gasteiger partial charge is 0.00789 e. The van der Waals surface area contributed by atoms with Gasteiger partial charge in [0.15, 0.2) is 0 Å². The molecule has 0 aliphatic heterocycles. The van der Waals surface area contributed by atoms with Crippen molar-refractivity contribution in [3.8, 4) is 0 Å². The molecule has 1 fully saturated rings. The van der Waals surface area contributed by atoms with Gasteiger partial charge in [0.2, 0.25) is 0 Å². The Balaban J connectivity index is 2.24. The van der Waals surface area contributed by atoms with Crippen molar-refractivity contribution >= 4 is 0 Å². The van der Waals surface area contributed by atoms with Crippen molar-refractivity contribution in [1.82, 2.24) is 0 Å². The predicted octanol–water partition coefficient (Wildman–Crippen LogP) is 0.739. The Labute approximate surface area is 51.3 Å². The van der Waals surface area contributed by atoms with Crippen LogP contribution in [0.5, 0.6) is 0 Å². The minimum atomic E-state index is 0.185. The molecule has 1 rings (SSSR count). The highest BCUT2D eigenvalue weighted by Gasteiger charge is 2.19. The number of hydrogen-bond donors (Lipinski definition) is 1. The minimum Gasteiger partial charge on any atom is -0.327 e. The number of rotatable bonds is 1. The second-order valence-electron chi connectivity index (χ2n) is 2.01. The largest absolute Gasteiger partial charge is 0.327 e. The van der Waals surface area contributed by atoms with Crippen molar-refractivity contribution in [1.29, 1.82) is 0 Å². The van der Waals surface area contributed by atoms with Gasteiger partial charge >= 0.3 is 0 Å². The molecule has 0 heterocycles. The molecule has 0 aromatic rings. The van der Waals surface area contributed by atoms with Crippen molar-refractivity contribution in [2.24, 2.45) is 5.73 Å². The highest BCUT2D eigenvalue weighted by molar-refractivity contribution is 5.37. The zero-order valence-electron chi connectivity index (χ0n) is 4.96. The monoisotopic (exact) mass is 108 g/mol. The lowest BCUT2D eigenvalue weighted by molar-refractivity contribution is 0.801. The fraction of sp³-hybridized carbons (Fsp3) is 0.286. The molecule has 0 amide bonds. The molecule has 0 bridgehead atoms. The average Bonchev–Trinajstić information content (AvgIpc) is 2.12. The summed E-state index contributed by atoms with van der Waals surface area (Å²) in [4.78, 5) is 0. The first-order valence-corrected chi connectivity index (χ1v) is 2.78. The van der Waals surface area contributed by atoms with Crippen LogP contribution < -0.4 is 5.73 Å². The molecule has 0 aromatic carbocycles. The Hall–Kier alpha value is -0.0400. The van der Waals surface area contributed by atoms with E-state index in [1.54, 1.807) is 0 Å². The van der Waals surface area contributed by atoms with Crippen LogP contribution in [0.3, 0.4) is 0 Å². The third-order valence-electron chi connectivity index (χ3n) is 1.21. The van der Waals surface area contributed by atoms with Gasteiger partial charge in [-0.1, -0.05) is 0 Å². The van der Waals surface area contributed by atoms with Gasteiger partial charge in [-0.3, -0.25) is 0 Å². The molecule has 1 atom stereocenters. The van der Waals surface area contributed by atoms with E-state index in [1.807, 2.05) is 32.6 Å². The SMILES string of the molecule is CC(N)[C]1[CH][CH][CH][CH]1. The maximum Gasteiger partial charge on any atom is 0.00789 e. The Morgan fingerprint density at radius 2 is 1.88 bits per heavy atom. The molecule has 1 nitrogen and oxygen atoms in total. The summed E-state index contributed by atoms with van der Waals surface area (Å²) in [6.45, 7) is 1.98. The van der Waals surface area contributed by atoms with Crippen molar-refractivity contribution in [2.75, 3.05) is 0 Å². The molecule has 1 aliphatic rings. The second kappa shape index (κ2) is 2.49. The van der Waals surface area contributed by atoms with Crippen molar-refractivity contribution in [3.05, 3.63) is 31.6 Å². The summed E-state index contributed by atoms with van der Waals surface area (Å²) < 4.78 is 0. The van der Waals surface area contributed by atoms with Gasteiger partial charge in [0, 0.05) is 6.04 Å². The molecule has 2 N–H and O–H groups in total. The Kier molecular flexibility index (Phi) is 1.90. The van der Waals surface area contributed by atoms with Crippen LogP contribution in [0.4, 0.5) is 0 Å². The van der Waals surface area contributed by atoms with Crippen LogP contribution in [0.15, 0.2) is 0 Å². The fourth-order valence-electron chi connectivity index (χ4n) is 0.692. The van der Waals surface area contributed by atoms with Gasteiger partial charge in [0.1, 0.15) is 0 Å². The van der Waals surface area contributed by atoms with Gasteiger partial charge in [0.05, 0.1) is 0 Å². The van der Waals surface area contributed by atoms with Gasteiger partial charge in [-0.2, -0.15) is 0 Å². The van der Waals surface area contributed by atoms with E-state index >= 15 is 0 Å². The van der Waals surface area contributed by atoms with E-state index in [0.29, 0.717) is 0 Å². The summed E-state index contributed by atoms with van der Waals surface area (Å²) in [6, 6.07) is 0.185. The Bertz CT molecular complexity index is 62.8. The maximum atomic E-state index is 5.56. The van der Waals surface area contributed by atoms with Crippen LogP contribution in [-0.4, -0.2) is 6.04 Å². The number of nitrogens with two attached hydrogens (primary N) is 1. The lowest BCUT2D eigenvalue weighted by Crippen LogP contribution is -2.22. The van der Waals surface area contributed by atoms with Gasteiger partial charge in [-0.25, -0.2) is 0 Å². The van der Waals surface area contributed by atoms with E-state index in [0.717, 1.165) is 0 Å². The average molecular weight is 108 g/mol. The van der Waals surface area contributed by atoms with Gasteiger partial charge in [-0.15, -0.1) is 0 Å². The number of hydrogen-bond acceptors (Lipinski definition) is 1. The molecule has 8 heavy (non-hydrogen) atoms. The zero-order chi connectivity index (χ0) is 5.98. The van der Waals surface area contributed by atoms with Crippen LogP contribution in [0.2, 0.25) is 0 Å². The quantitative estimate of drug-likeness (QED) is 0.526. The van der Waals surface area contributed by atoms with Gasteiger partial charge < -0.3 is 5.73 Å². The summed E-state index contributed by atoms with van der Waals surface area (Å²) >= 11 is 0. The highest BCUT2D eigenvalue weighted by Crippen LogP contribution is 2.24. The molecule has 0 aromatic heterocycles. The second-order valence-corrected chi connectivity index (χ2v) is 2.01. The molecule has 0 saturated heterocycles. The molecule has 5 radical (unpaired) electrons. The van der Waals surface area contributed by atoms with E-state index in [2.05, 4.69) is 0 Å². The van der Waals surface area contributed by atoms with E-state index in [-0.39, 0.29) is 6.04 Å². The topological polar surface area (TPSA) is 26.0 Å². The zero-order valence-corrected chi connectivity index (χ0v) is 4.96. The lowest BCUT2D eigenvalue weighted by Gasteiger charge is -2.10. The van der Waals surface area contributed by atoms with Crippen LogP contribution in [0, 0.1) is 31.6 Å². The third-order valence-corrected chi connectivity index (χ3v) is 1.21. The van der Waals surface area contributed by atoms with Gasteiger partial charge in [0.25, 0.3) is 0 Å². The first-order chi connectivity index (χ1) is 3.80. The molecule has 1 heteroatoms. The normalized spacial score (nSPS) is 26.2. The summed E-state index contributed by atoms with van der Waals surface area (Å²) in [5.74, 6) is 1.21. The maximum absolute atomic E-state index is 5.56.